The maximum Gasteiger partial charge on any atom is 0.341 e. The Kier molecular flexibility index (Phi) is 4.37. The Hall–Kier alpha value is -1.91. The van der Waals surface area contributed by atoms with E-state index < -0.39 is 5.97 Å². The summed E-state index contributed by atoms with van der Waals surface area (Å²) in [6.07, 6.45) is 0. The van der Waals surface area contributed by atoms with Crippen molar-refractivity contribution >= 4 is 29.2 Å². The number of hydrogen-bond donors (Lipinski definition) is 1. The first kappa shape index (κ1) is 14.5. The van der Waals surface area contributed by atoms with Crippen molar-refractivity contribution in [3.8, 4) is 17.2 Å². The summed E-state index contributed by atoms with van der Waals surface area (Å²) in [4.78, 5) is 11.5. The number of ether oxygens (including phenoxy) is 2. The minimum absolute atomic E-state index is 0.00934. The van der Waals surface area contributed by atoms with Gasteiger partial charge in [0, 0.05) is 5.02 Å². The van der Waals surface area contributed by atoms with Gasteiger partial charge < -0.3 is 14.6 Å². The lowest BCUT2D eigenvalue weighted by Gasteiger charge is -2.09. The monoisotopic (exact) mass is 312 g/mol. The predicted octanol–water partition coefficient (Wildman–Crippen LogP) is 4.28. The number of methoxy groups -OCH3 is 1. The van der Waals surface area contributed by atoms with Crippen LogP contribution in [0.25, 0.3) is 0 Å². The summed E-state index contributed by atoms with van der Waals surface area (Å²) in [5.74, 6) is -0.119. The zero-order valence-electron chi connectivity index (χ0n) is 10.4. The Labute approximate surface area is 125 Å². The van der Waals surface area contributed by atoms with Crippen LogP contribution in [-0.2, 0) is 4.74 Å². The first-order valence-electron chi connectivity index (χ1n) is 5.55. The highest BCUT2D eigenvalue weighted by Gasteiger charge is 2.13. The van der Waals surface area contributed by atoms with Crippen LogP contribution in [0.2, 0.25) is 10.0 Å². The molecule has 0 aliphatic rings. The van der Waals surface area contributed by atoms with Crippen LogP contribution in [0.3, 0.4) is 0 Å². The van der Waals surface area contributed by atoms with E-state index in [9.17, 15) is 9.90 Å². The Morgan fingerprint density at radius 2 is 1.90 bits per heavy atom. The summed E-state index contributed by atoms with van der Waals surface area (Å²) in [6.45, 7) is 0. The van der Waals surface area contributed by atoms with E-state index in [2.05, 4.69) is 4.74 Å². The molecule has 0 aliphatic carbocycles. The van der Waals surface area contributed by atoms with Gasteiger partial charge in [0.15, 0.2) is 0 Å². The minimum atomic E-state index is -0.657. The molecule has 2 rings (SSSR count). The number of halogens is 2. The molecule has 2 aromatic rings. The smallest absolute Gasteiger partial charge is 0.341 e. The van der Waals surface area contributed by atoms with Gasteiger partial charge in [-0.3, -0.25) is 0 Å². The average Bonchev–Trinajstić information content (AvgIpc) is 2.43. The maximum atomic E-state index is 11.5. The van der Waals surface area contributed by atoms with Crippen molar-refractivity contribution in [3.63, 3.8) is 0 Å². The van der Waals surface area contributed by atoms with Gasteiger partial charge in [0.1, 0.15) is 22.8 Å². The molecular weight excluding hydrogens is 303 g/mol. The quantitative estimate of drug-likeness (QED) is 0.859. The zero-order chi connectivity index (χ0) is 14.7. The van der Waals surface area contributed by atoms with Crippen molar-refractivity contribution in [2.45, 2.75) is 0 Å². The summed E-state index contributed by atoms with van der Waals surface area (Å²) in [5, 5.41) is 10.4. The van der Waals surface area contributed by atoms with Crippen LogP contribution in [0, 0.1) is 0 Å². The number of esters is 1. The first-order valence-corrected chi connectivity index (χ1v) is 6.31. The lowest BCUT2D eigenvalue weighted by molar-refractivity contribution is 0.0597. The van der Waals surface area contributed by atoms with Crippen LogP contribution in [0.4, 0.5) is 0 Å². The van der Waals surface area contributed by atoms with E-state index in [-0.39, 0.29) is 11.3 Å². The number of hydrogen-bond acceptors (Lipinski definition) is 4. The van der Waals surface area contributed by atoms with Crippen molar-refractivity contribution < 1.29 is 19.4 Å². The molecule has 0 saturated carbocycles. The fraction of sp³-hybridized carbons (Fsp3) is 0.0714. The number of aromatic hydroxyl groups is 1. The Morgan fingerprint density at radius 3 is 2.55 bits per heavy atom. The standard InChI is InChI=1S/C14H10Cl2O4/c1-19-14(18)10-7-9(3-4-12(10)17)20-13-5-2-8(15)6-11(13)16/h2-7,17H,1H3. The van der Waals surface area contributed by atoms with Crippen molar-refractivity contribution in [1.82, 2.24) is 0 Å². The van der Waals surface area contributed by atoms with Crippen LogP contribution in [0.1, 0.15) is 10.4 Å². The molecule has 0 heterocycles. The van der Waals surface area contributed by atoms with Gasteiger partial charge in [-0.2, -0.15) is 0 Å². The van der Waals surface area contributed by atoms with Crippen LogP contribution in [0.5, 0.6) is 17.2 Å². The molecule has 4 nitrogen and oxygen atoms in total. The highest BCUT2D eigenvalue weighted by Crippen LogP contribution is 2.33. The van der Waals surface area contributed by atoms with Crippen molar-refractivity contribution in [3.05, 3.63) is 52.0 Å². The molecule has 0 amide bonds. The van der Waals surface area contributed by atoms with Crippen molar-refractivity contribution in [2.24, 2.45) is 0 Å². The summed E-state index contributed by atoms with van der Waals surface area (Å²) in [7, 11) is 1.23. The Bertz CT molecular complexity index is 656. The number of rotatable bonds is 3. The third-order valence-electron chi connectivity index (χ3n) is 2.50. The molecule has 104 valence electrons. The third-order valence-corrected chi connectivity index (χ3v) is 3.03. The van der Waals surface area contributed by atoms with E-state index in [0.29, 0.717) is 21.5 Å². The molecule has 0 radical (unpaired) electrons. The third kappa shape index (κ3) is 3.15. The highest BCUT2D eigenvalue weighted by molar-refractivity contribution is 6.35. The van der Waals surface area contributed by atoms with E-state index in [0.717, 1.165) is 0 Å². The maximum absolute atomic E-state index is 11.5. The molecule has 0 aromatic heterocycles. The molecule has 0 fully saturated rings. The first-order chi connectivity index (χ1) is 9.51. The van der Waals surface area contributed by atoms with Crippen LogP contribution < -0.4 is 4.74 Å². The van der Waals surface area contributed by atoms with E-state index in [1.165, 1.54) is 25.3 Å². The predicted molar refractivity (Wildman–Crippen MR) is 76.0 cm³/mol. The average molecular weight is 313 g/mol. The molecular formula is C14H10Cl2O4. The molecule has 0 atom stereocenters. The van der Waals surface area contributed by atoms with Gasteiger partial charge in [-0.15, -0.1) is 0 Å². The molecule has 0 unspecified atom stereocenters. The fourth-order valence-electron chi connectivity index (χ4n) is 1.54. The lowest BCUT2D eigenvalue weighted by atomic mass is 10.2. The van der Waals surface area contributed by atoms with Crippen LogP contribution in [0.15, 0.2) is 36.4 Å². The zero-order valence-corrected chi connectivity index (χ0v) is 11.9. The van der Waals surface area contributed by atoms with Gasteiger partial charge in [0.05, 0.1) is 12.1 Å². The second-order valence-electron chi connectivity index (χ2n) is 3.85. The van der Waals surface area contributed by atoms with Gasteiger partial charge in [-0.1, -0.05) is 23.2 Å². The summed E-state index contributed by atoms with van der Waals surface area (Å²) in [5.41, 5.74) is 0.00934. The summed E-state index contributed by atoms with van der Waals surface area (Å²) in [6, 6.07) is 8.99. The normalized spacial score (nSPS) is 10.2. The SMILES string of the molecule is COC(=O)c1cc(Oc2ccc(Cl)cc2Cl)ccc1O. The summed E-state index contributed by atoms with van der Waals surface area (Å²) < 4.78 is 10.1. The van der Waals surface area contributed by atoms with Gasteiger partial charge in [0.25, 0.3) is 0 Å². The Morgan fingerprint density at radius 1 is 1.15 bits per heavy atom. The van der Waals surface area contributed by atoms with E-state index in [1.54, 1.807) is 18.2 Å². The number of phenols is 1. The Balaban J connectivity index is 2.32. The molecule has 2 aromatic carbocycles. The highest BCUT2D eigenvalue weighted by atomic mass is 35.5. The van der Waals surface area contributed by atoms with Gasteiger partial charge in [-0.25, -0.2) is 4.79 Å². The minimum Gasteiger partial charge on any atom is -0.507 e. The lowest BCUT2D eigenvalue weighted by Crippen LogP contribution is -2.01. The summed E-state index contributed by atoms with van der Waals surface area (Å²) >= 11 is 11.8. The number of carbonyl (C=O) groups is 1. The van der Waals surface area contributed by atoms with Crippen LogP contribution in [-0.4, -0.2) is 18.2 Å². The molecule has 0 bridgehead atoms. The van der Waals surface area contributed by atoms with Crippen LogP contribution >= 0.6 is 23.2 Å². The van der Waals surface area contributed by atoms with Crippen molar-refractivity contribution in [1.29, 1.82) is 0 Å². The van der Waals surface area contributed by atoms with E-state index in [4.69, 9.17) is 27.9 Å². The molecule has 0 spiro atoms. The topological polar surface area (TPSA) is 55.8 Å². The van der Waals surface area contributed by atoms with Gasteiger partial charge in [-0.05, 0) is 36.4 Å². The fourth-order valence-corrected chi connectivity index (χ4v) is 1.98. The van der Waals surface area contributed by atoms with Crippen molar-refractivity contribution in [2.75, 3.05) is 7.11 Å². The second-order valence-corrected chi connectivity index (χ2v) is 4.69. The molecule has 0 saturated heterocycles. The van der Waals surface area contributed by atoms with Gasteiger partial charge >= 0.3 is 5.97 Å². The van der Waals surface area contributed by atoms with Gasteiger partial charge in [0.2, 0.25) is 0 Å². The molecule has 6 heteroatoms. The van der Waals surface area contributed by atoms with E-state index >= 15 is 0 Å². The molecule has 0 aliphatic heterocycles. The number of benzene rings is 2. The largest absolute Gasteiger partial charge is 0.507 e. The van der Waals surface area contributed by atoms with E-state index in [1.807, 2.05) is 0 Å². The second kappa shape index (κ2) is 6.03. The molecule has 20 heavy (non-hydrogen) atoms. The number of carbonyl (C=O) groups excluding carboxylic acids is 1. The number of phenolic OH excluding ortho intramolecular Hbond substituents is 1. The molecule has 1 N–H and O–H groups in total.